The summed E-state index contributed by atoms with van der Waals surface area (Å²) in [5.74, 6) is 0.907. The number of thiophene rings is 1. The van der Waals surface area contributed by atoms with Crippen molar-refractivity contribution in [1.82, 2.24) is 5.32 Å². The van der Waals surface area contributed by atoms with Crippen LogP contribution in [-0.4, -0.2) is 18.3 Å². The molecule has 0 spiro atoms. The lowest BCUT2D eigenvalue weighted by molar-refractivity contribution is 0.175. The zero-order valence-electron chi connectivity index (χ0n) is 11.7. The first-order chi connectivity index (χ1) is 9.79. The van der Waals surface area contributed by atoms with Gasteiger partial charge in [-0.05, 0) is 46.5 Å². The topological polar surface area (TPSA) is 41.5 Å². The van der Waals surface area contributed by atoms with Gasteiger partial charge < -0.3 is 15.2 Å². The molecule has 0 amide bonds. The lowest BCUT2D eigenvalue weighted by Crippen LogP contribution is -2.20. The molecule has 2 rings (SSSR count). The van der Waals surface area contributed by atoms with E-state index in [1.54, 1.807) is 11.3 Å². The van der Waals surface area contributed by atoms with Gasteiger partial charge in [0.05, 0.1) is 12.7 Å². The van der Waals surface area contributed by atoms with Gasteiger partial charge in [0.2, 0.25) is 0 Å². The van der Waals surface area contributed by atoms with Crippen molar-refractivity contribution >= 4 is 11.3 Å². The Hall–Kier alpha value is -1.36. The Kier molecular flexibility index (Phi) is 6.05. The van der Waals surface area contributed by atoms with E-state index < -0.39 is 6.10 Å². The maximum absolute atomic E-state index is 9.98. The third-order valence-corrected chi connectivity index (χ3v) is 3.67. The van der Waals surface area contributed by atoms with Gasteiger partial charge in [-0.15, -0.1) is 0 Å². The van der Waals surface area contributed by atoms with Crippen molar-refractivity contribution in [1.29, 1.82) is 0 Å². The summed E-state index contributed by atoms with van der Waals surface area (Å²) in [6, 6.07) is 10.0. The standard InChI is InChI=1S/C16H21NO2S/c1-2-7-19-15-5-3-4-13(9-15)10-17-11-16(18)14-6-8-20-12-14/h3-6,8-9,12,16-18H,2,7,10-11H2,1H3. The molecule has 0 aliphatic heterocycles. The fourth-order valence-electron chi connectivity index (χ4n) is 1.90. The molecular weight excluding hydrogens is 270 g/mol. The zero-order chi connectivity index (χ0) is 14.2. The molecule has 1 atom stereocenters. The second-order valence-electron chi connectivity index (χ2n) is 4.70. The van der Waals surface area contributed by atoms with Crippen molar-refractivity contribution in [2.24, 2.45) is 0 Å². The number of benzene rings is 1. The van der Waals surface area contributed by atoms with Crippen LogP contribution in [0.25, 0.3) is 0 Å². The molecule has 1 aromatic carbocycles. The van der Waals surface area contributed by atoms with Gasteiger partial charge in [0, 0.05) is 13.1 Å². The minimum absolute atomic E-state index is 0.444. The predicted octanol–water partition coefficient (Wildman–Crippen LogP) is 3.36. The Labute approximate surface area is 124 Å². The van der Waals surface area contributed by atoms with E-state index in [2.05, 4.69) is 18.3 Å². The monoisotopic (exact) mass is 291 g/mol. The largest absolute Gasteiger partial charge is 0.494 e. The van der Waals surface area contributed by atoms with E-state index in [1.807, 2.05) is 35.0 Å². The molecule has 0 saturated carbocycles. The summed E-state index contributed by atoms with van der Waals surface area (Å²) in [6.45, 7) is 4.12. The van der Waals surface area contributed by atoms with E-state index in [-0.39, 0.29) is 0 Å². The first kappa shape index (κ1) is 15.0. The van der Waals surface area contributed by atoms with Crippen molar-refractivity contribution in [2.45, 2.75) is 26.0 Å². The van der Waals surface area contributed by atoms with E-state index in [9.17, 15) is 5.11 Å². The molecule has 2 N–H and O–H groups in total. The molecule has 0 aliphatic rings. The van der Waals surface area contributed by atoms with Crippen molar-refractivity contribution in [3.63, 3.8) is 0 Å². The Morgan fingerprint density at radius 2 is 2.25 bits per heavy atom. The van der Waals surface area contributed by atoms with Gasteiger partial charge >= 0.3 is 0 Å². The van der Waals surface area contributed by atoms with Crippen LogP contribution in [0.2, 0.25) is 0 Å². The van der Waals surface area contributed by atoms with Gasteiger partial charge in [-0.25, -0.2) is 0 Å². The van der Waals surface area contributed by atoms with Gasteiger partial charge in [-0.1, -0.05) is 19.1 Å². The molecule has 0 fully saturated rings. The van der Waals surface area contributed by atoms with Crippen LogP contribution < -0.4 is 10.1 Å². The lowest BCUT2D eigenvalue weighted by Gasteiger charge is -2.11. The molecule has 0 bridgehead atoms. The summed E-state index contributed by atoms with van der Waals surface area (Å²) in [4.78, 5) is 0. The van der Waals surface area contributed by atoms with Crippen LogP contribution in [0, 0.1) is 0 Å². The van der Waals surface area contributed by atoms with E-state index in [1.165, 1.54) is 0 Å². The second-order valence-corrected chi connectivity index (χ2v) is 5.48. The molecular formula is C16H21NO2S. The predicted molar refractivity (Wildman–Crippen MR) is 83.2 cm³/mol. The van der Waals surface area contributed by atoms with E-state index in [0.29, 0.717) is 6.54 Å². The number of hydrogen-bond acceptors (Lipinski definition) is 4. The molecule has 0 aliphatic carbocycles. The smallest absolute Gasteiger partial charge is 0.119 e. The van der Waals surface area contributed by atoms with Crippen LogP contribution >= 0.6 is 11.3 Å². The molecule has 2 aromatic rings. The average molecular weight is 291 g/mol. The molecule has 1 unspecified atom stereocenters. The van der Waals surface area contributed by atoms with Crippen LogP contribution in [0.1, 0.15) is 30.6 Å². The molecule has 1 heterocycles. The zero-order valence-corrected chi connectivity index (χ0v) is 12.5. The fourth-order valence-corrected chi connectivity index (χ4v) is 2.61. The molecule has 3 nitrogen and oxygen atoms in total. The normalized spacial score (nSPS) is 12.3. The van der Waals surface area contributed by atoms with E-state index in [0.717, 1.165) is 36.4 Å². The van der Waals surface area contributed by atoms with Crippen LogP contribution in [0.3, 0.4) is 0 Å². The van der Waals surface area contributed by atoms with Crippen LogP contribution in [0.15, 0.2) is 41.1 Å². The van der Waals surface area contributed by atoms with Crippen molar-refractivity contribution in [3.05, 3.63) is 52.2 Å². The molecule has 108 valence electrons. The minimum Gasteiger partial charge on any atom is -0.494 e. The Morgan fingerprint density at radius 3 is 3.00 bits per heavy atom. The number of rotatable bonds is 8. The summed E-state index contributed by atoms with van der Waals surface area (Å²) in [6.07, 6.45) is 0.566. The first-order valence-corrected chi connectivity index (χ1v) is 7.86. The van der Waals surface area contributed by atoms with Gasteiger partial charge in [-0.2, -0.15) is 11.3 Å². The lowest BCUT2D eigenvalue weighted by atomic mass is 10.2. The SMILES string of the molecule is CCCOc1cccc(CNCC(O)c2ccsc2)c1. The number of aliphatic hydroxyl groups is 1. The maximum atomic E-state index is 9.98. The quantitative estimate of drug-likeness (QED) is 0.783. The highest BCUT2D eigenvalue weighted by molar-refractivity contribution is 7.07. The van der Waals surface area contributed by atoms with E-state index in [4.69, 9.17) is 4.74 Å². The summed E-state index contributed by atoms with van der Waals surface area (Å²) < 4.78 is 5.61. The molecule has 0 radical (unpaired) electrons. The van der Waals surface area contributed by atoms with Gasteiger partial charge in [0.1, 0.15) is 5.75 Å². The van der Waals surface area contributed by atoms with Gasteiger partial charge in [0.15, 0.2) is 0 Å². The highest BCUT2D eigenvalue weighted by atomic mass is 32.1. The van der Waals surface area contributed by atoms with Crippen LogP contribution in [0.5, 0.6) is 5.75 Å². The summed E-state index contributed by atoms with van der Waals surface area (Å²) >= 11 is 1.60. The highest BCUT2D eigenvalue weighted by Gasteiger charge is 2.07. The van der Waals surface area contributed by atoms with Gasteiger partial charge in [-0.3, -0.25) is 0 Å². The van der Waals surface area contributed by atoms with Crippen molar-refractivity contribution in [2.75, 3.05) is 13.2 Å². The Morgan fingerprint density at radius 1 is 1.35 bits per heavy atom. The highest BCUT2D eigenvalue weighted by Crippen LogP contribution is 2.16. The Balaban J connectivity index is 1.79. The number of hydrogen-bond donors (Lipinski definition) is 2. The van der Waals surface area contributed by atoms with Crippen molar-refractivity contribution < 1.29 is 9.84 Å². The Bertz CT molecular complexity index is 499. The third kappa shape index (κ3) is 4.63. The molecule has 4 heteroatoms. The van der Waals surface area contributed by atoms with Crippen LogP contribution in [-0.2, 0) is 6.54 Å². The number of nitrogens with one attached hydrogen (secondary N) is 1. The third-order valence-electron chi connectivity index (χ3n) is 2.97. The molecule has 0 saturated heterocycles. The maximum Gasteiger partial charge on any atom is 0.119 e. The first-order valence-electron chi connectivity index (χ1n) is 6.92. The van der Waals surface area contributed by atoms with Crippen molar-refractivity contribution in [3.8, 4) is 5.75 Å². The summed E-state index contributed by atoms with van der Waals surface area (Å²) in [5, 5.41) is 17.2. The summed E-state index contributed by atoms with van der Waals surface area (Å²) in [5.41, 5.74) is 2.14. The minimum atomic E-state index is -0.444. The van der Waals surface area contributed by atoms with Crippen LogP contribution in [0.4, 0.5) is 0 Å². The average Bonchev–Trinajstić information content (AvgIpc) is 3.00. The second kappa shape index (κ2) is 8.04. The molecule has 20 heavy (non-hydrogen) atoms. The number of ether oxygens (including phenoxy) is 1. The van der Waals surface area contributed by atoms with Gasteiger partial charge in [0.25, 0.3) is 0 Å². The van der Waals surface area contributed by atoms with E-state index >= 15 is 0 Å². The summed E-state index contributed by atoms with van der Waals surface area (Å²) in [7, 11) is 0. The number of aliphatic hydroxyl groups excluding tert-OH is 1. The fraction of sp³-hybridized carbons (Fsp3) is 0.375. The molecule has 1 aromatic heterocycles.